The molecule has 1 aliphatic heterocycles. The smallest absolute Gasteiger partial charge is 0.255 e. The summed E-state index contributed by atoms with van der Waals surface area (Å²) < 4.78 is 11.5. The highest BCUT2D eigenvalue weighted by molar-refractivity contribution is 5.97. The quantitative estimate of drug-likeness (QED) is 0.703. The van der Waals surface area contributed by atoms with Gasteiger partial charge in [0.05, 0.1) is 24.3 Å². The second kappa shape index (κ2) is 9.43. The molecule has 0 bridgehead atoms. The molecule has 2 aromatic carbocycles. The summed E-state index contributed by atoms with van der Waals surface area (Å²) in [6.45, 7) is 1.53. The Morgan fingerprint density at radius 3 is 1.59 bits per heavy atom. The minimum absolute atomic E-state index is 0.202. The van der Waals surface area contributed by atoms with Gasteiger partial charge in [-0.3, -0.25) is 9.59 Å². The van der Waals surface area contributed by atoms with Crippen LogP contribution in [0.15, 0.2) is 60.7 Å². The summed E-state index contributed by atoms with van der Waals surface area (Å²) in [5, 5.41) is 5.63. The Bertz CT molecular complexity index is 765. The van der Waals surface area contributed by atoms with Crippen molar-refractivity contribution < 1.29 is 19.1 Å². The van der Waals surface area contributed by atoms with Crippen molar-refractivity contribution in [3.8, 4) is 11.5 Å². The van der Waals surface area contributed by atoms with Crippen molar-refractivity contribution in [2.75, 3.05) is 26.3 Å². The van der Waals surface area contributed by atoms with E-state index in [0.29, 0.717) is 55.4 Å². The molecule has 0 fully saturated rings. The van der Waals surface area contributed by atoms with Gasteiger partial charge in [0.15, 0.2) is 0 Å². The molecule has 0 saturated carbocycles. The molecule has 6 nitrogen and oxygen atoms in total. The van der Waals surface area contributed by atoms with Gasteiger partial charge in [-0.15, -0.1) is 0 Å². The van der Waals surface area contributed by atoms with E-state index in [2.05, 4.69) is 10.6 Å². The molecular formula is C21H22N2O4. The molecule has 140 valence electrons. The summed E-state index contributed by atoms with van der Waals surface area (Å²) in [5.41, 5.74) is 0.990. The van der Waals surface area contributed by atoms with Crippen LogP contribution in [-0.2, 0) is 0 Å². The molecular weight excluding hydrogens is 344 g/mol. The predicted octanol–water partition coefficient (Wildman–Crippen LogP) is 2.56. The minimum Gasteiger partial charge on any atom is -0.493 e. The molecule has 6 heteroatoms. The zero-order valence-electron chi connectivity index (χ0n) is 14.9. The van der Waals surface area contributed by atoms with Crippen LogP contribution in [-0.4, -0.2) is 38.1 Å². The molecule has 0 radical (unpaired) electrons. The molecule has 0 aliphatic carbocycles. The Labute approximate surface area is 158 Å². The number of para-hydroxylation sites is 2. The van der Waals surface area contributed by atoms with Crippen molar-refractivity contribution in [3.63, 3.8) is 0 Å². The predicted molar refractivity (Wildman–Crippen MR) is 102 cm³/mol. The molecule has 0 spiro atoms. The largest absolute Gasteiger partial charge is 0.493 e. The number of hydrogen-bond donors (Lipinski definition) is 2. The lowest BCUT2D eigenvalue weighted by Crippen LogP contribution is -2.25. The van der Waals surface area contributed by atoms with Crippen LogP contribution in [0.2, 0.25) is 0 Å². The maximum Gasteiger partial charge on any atom is 0.255 e. The summed E-state index contributed by atoms with van der Waals surface area (Å²) in [7, 11) is 0. The third-order valence-corrected chi connectivity index (χ3v) is 3.99. The summed E-state index contributed by atoms with van der Waals surface area (Å²) in [6.07, 6.45) is 4.21. The zero-order valence-corrected chi connectivity index (χ0v) is 14.9. The first-order valence-electron chi connectivity index (χ1n) is 8.91. The Kier molecular flexibility index (Phi) is 6.46. The number of carbonyl (C=O) groups excluding carboxylic acids is 2. The number of fused-ring (bicyclic) bond motifs is 2. The number of ether oxygens (including phenoxy) is 2. The molecule has 1 heterocycles. The number of carbonyl (C=O) groups is 2. The van der Waals surface area contributed by atoms with Crippen LogP contribution < -0.4 is 20.1 Å². The van der Waals surface area contributed by atoms with Crippen LogP contribution in [0.3, 0.4) is 0 Å². The molecule has 2 N–H and O–H groups in total. The van der Waals surface area contributed by atoms with Crippen molar-refractivity contribution >= 4 is 11.8 Å². The van der Waals surface area contributed by atoms with Crippen molar-refractivity contribution in [3.05, 3.63) is 71.8 Å². The van der Waals surface area contributed by atoms with Crippen molar-refractivity contribution in [2.24, 2.45) is 0 Å². The van der Waals surface area contributed by atoms with Crippen LogP contribution in [0.25, 0.3) is 0 Å². The zero-order chi connectivity index (χ0) is 18.9. The molecule has 2 aromatic rings. The molecule has 2 amide bonds. The van der Waals surface area contributed by atoms with Gasteiger partial charge in [0, 0.05) is 19.5 Å². The van der Waals surface area contributed by atoms with E-state index < -0.39 is 0 Å². The molecule has 0 aromatic heterocycles. The van der Waals surface area contributed by atoms with Gasteiger partial charge in [-0.2, -0.15) is 0 Å². The highest BCUT2D eigenvalue weighted by Gasteiger charge is 2.13. The van der Waals surface area contributed by atoms with Gasteiger partial charge in [0.2, 0.25) is 0 Å². The van der Waals surface area contributed by atoms with E-state index in [1.807, 2.05) is 12.1 Å². The van der Waals surface area contributed by atoms with E-state index >= 15 is 0 Å². The summed E-state index contributed by atoms with van der Waals surface area (Å²) in [6, 6.07) is 14.3. The highest BCUT2D eigenvalue weighted by Crippen LogP contribution is 2.20. The third kappa shape index (κ3) is 5.10. The normalized spacial score (nSPS) is 17.0. The lowest BCUT2D eigenvalue weighted by molar-refractivity contribution is 0.0945. The van der Waals surface area contributed by atoms with E-state index in [4.69, 9.17) is 9.47 Å². The average molecular weight is 366 g/mol. The van der Waals surface area contributed by atoms with Gasteiger partial charge >= 0.3 is 0 Å². The monoisotopic (exact) mass is 366 g/mol. The fourth-order valence-corrected chi connectivity index (χ4v) is 2.64. The first-order valence-corrected chi connectivity index (χ1v) is 8.91. The minimum atomic E-state index is -0.202. The van der Waals surface area contributed by atoms with E-state index in [-0.39, 0.29) is 11.8 Å². The van der Waals surface area contributed by atoms with E-state index in [0.717, 1.165) is 0 Å². The first kappa shape index (κ1) is 18.5. The lowest BCUT2D eigenvalue weighted by atomic mass is 10.2. The Morgan fingerprint density at radius 1 is 0.667 bits per heavy atom. The first-order chi connectivity index (χ1) is 13.3. The summed E-state index contributed by atoms with van der Waals surface area (Å²) >= 11 is 0. The van der Waals surface area contributed by atoms with E-state index in [1.165, 1.54) is 0 Å². The second-order valence-corrected chi connectivity index (χ2v) is 5.93. The van der Waals surface area contributed by atoms with Gasteiger partial charge in [-0.1, -0.05) is 36.4 Å². The van der Waals surface area contributed by atoms with Gasteiger partial charge in [-0.25, -0.2) is 0 Å². The standard InChI is InChI=1S/C21H22N2O4/c24-20-16-8-1-3-10-18(16)26-14-7-15-27-19-11-4-2-9-17(19)21(25)23-13-6-5-12-22-20/h1-6,8-11H,7,12-15H2,(H,22,24)(H,23,25)/b6-5+. The van der Waals surface area contributed by atoms with Gasteiger partial charge < -0.3 is 20.1 Å². The number of rotatable bonds is 0. The summed E-state index contributed by atoms with van der Waals surface area (Å²) in [5.74, 6) is 0.681. The van der Waals surface area contributed by atoms with Crippen molar-refractivity contribution in [1.29, 1.82) is 0 Å². The third-order valence-electron chi connectivity index (χ3n) is 3.99. The Morgan fingerprint density at radius 2 is 1.11 bits per heavy atom. The molecule has 27 heavy (non-hydrogen) atoms. The van der Waals surface area contributed by atoms with E-state index in [9.17, 15) is 9.59 Å². The van der Waals surface area contributed by atoms with Crippen LogP contribution in [0.5, 0.6) is 11.5 Å². The summed E-state index contributed by atoms with van der Waals surface area (Å²) in [4.78, 5) is 24.7. The van der Waals surface area contributed by atoms with Crippen LogP contribution in [0.1, 0.15) is 27.1 Å². The molecule has 1 aliphatic rings. The fraction of sp³-hybridized carbons (Fsp3) is 0.238. The molecule has 0 atom stereocenters. The van der Waals surface area contributed by atoms with E-state index in [1.54, 1.807) is 48.6 Å². The highest BCUT2D eigenvalue weighted by atomic mass is 16.5. The SMILES string of the molecule is O=C1NC/C=C/CNC(=O)c2ccccc2OCCCOc2ccccc21. The van der Waals surface area contributed by atoms with Gasteiger partial charge in [0.25, 0.3) is 11.8 Å². The Balaban J connectivity index is 1.75. The van der Waals surface area contributed by atoms with Crippen molar-refractivity contribution in [2.45, 2.75) is 6.42 Å². The molecule has 0 saturated heterocycles. The van der Waals surface area contributed by atoms with Crippen LogP contribution in [0, 0.1) is 0 Å². The topological polar surface area (TPSA) is 76.7 Å². The molecule has 0 unspecified atom stereocenters. The number of nitrogens with one attached hydrogen (secondary N) is 2. The van der Waals surface area contributed by atoms with Crippen molar-refractivity contribution in [1.82, 2.24) is 10.6 Å². The van der Waals surface area contributed by atoms with Gasteiger partial charge in [0.1, 0.15) is 11.5 Å². The van der Waals surface area contributed by atoms with Crippen LogP contribution >= 0.6 is 0 Å². The molecule has 3 rings (SSSR count). The second-order valence-electron chi connectivity index (χ2n) is 5.93. The number of hydrogen-bond acceptors (Lipinski definition) is 4. The lowest BCUT2D eigenvalue weighted by Gasteiger charge is -2.12. The number of benzene rings is 2. The maximum atomic E-state index is 12.3. The Hall–Kier alpha value is -3.28. The number of amides is 2. The maximum absolute atomic E-state index is 12.3. The van der Waals surface area contributed by atoms with Gasteiger partial charge in [-0.05, 0) is 24.3 Å². The average Bonchev–Trinajstić information content (AvgIpc) is 2.70. The fourth-order valence-electron chi connectivity index (χ4n) is 2.64. The van der Waals surface area contributed by atoms with Crippen LogP contribution in [0.4, 0.5) is 0 Å².